The molecule has 10 nitrogen and oxygen atoms in total. The summed E-state index contributed by atoms with van der Waals surface area (Å²) in [4.78, 5) is 27.4. The highest BCUT2D eigenvalue weighted by atomic mass is 16.7. The van der Waals surface area contributed by atoms with Crippen molar-refractivity contribution in [3.63, 3.8) is 0 Å². The summed E-state index contributed by atoms with van der Waals surface area (Å²) < 4.78 is 0. The summed E-state index contributed by atoms with van der Waals surface area (Å²) in [6.45, 7) is 0. The fourth-order valence-electron chi connectivity index (χ4n) is 1.18. The first kappa shape index (κ1) is 12.4. The van der Waals surface area contributed by atoms with Crippen molar-refractivity contribution in [2.24, 2.45) is 0 Å². The topological polar surface area (TPSA) is 150 Å². The van der Waals surface area contributed by atoms with E-state index in [0.29, 0.717) is 0 Å². The van der Waals surface area contributed by atoms with Crippen LogP contribution in [0.3, 0.4) is 0 Å². The standard InChI is InChI=1S/C7H5N3O7/c11-7(9(14)15,10(16)17)5-3-1-2-4-6(5)8(12)13/h1-4,11H. The van der Waals surface area contributed by atoms with Crippen LogP contribution in [0.25, 0.3) is 0 Å². The molecule has 1 aromatic carbocycles. The monoisotopic (exact) mass is 243 g/mol. The Bertz CT molecular complexity index is 486. The molecule has 0 saturated heterocycles. The maximum Gasteiger partial charge on any atom is 0.611 e. The molecule has 0 saturated carbocycles. The first-order chi connectivity index (χ1) is 7.81. The first-order valence-electron chi connectivity index (χ1n) is 4.07. The van der Waals surface area contributed by atoms with E-state index in [1.807, 2.05) is 0 Å². The van der Waals surface area contributed by atoms with Gasteiger partial charge < -0.3 is 0 Å². The minimum Gasteiger partial charge on any atom is -0.264 e. The molecule has 0 unspecified atom stereocenters. The predicted molar refractivity (Wildman–Crippen MR) is 51.0 cm³/mol. The van der Waals surface area contributed by atoms with Gasteiger partial charge in [-0.25, -0.2) is 0 Å². The van der Waals surface area contributed by atoms with Gasteiger partial charge in [-0.2, -0.15) is 0 Å². The zero-order valence-electron chi connectivity index (χ0n) is 8.05. The van der Waals surface area contributed by atoms with E-state index in [2.05, 4.69) is 0 Å². The number of nitrogens with zero attached hydrogens (tertiary/aromatic N) is 3. The molecule has 0 atom stereocenters. The van der Waals surface area contributed by atoms with Crippen LogP contribution in [0.2, 0.25) is 0 Å². The van der Waals surface area contributed by atoms with E-state index in [0.717, 1.165) is 18.2 Å². The summed E-state index contributed by atoms with van der Waals surface area (Å²) in [6.07, 6.45) is 0. The van der Waals surface area contributed by atoms with Crippen LogP contribution >= 0.6 is 0 Å². The van der Waals surface area contributed by atoms with Crippen molar-refractivity contribution in [3.05, 3.63) is 60.2 Å². The van der Waals surface area contributed by atoms with Crippen LogP contribution in [0.4, 0.5) is 5.69 Å². The Labute approximate surface area is 92.5 Å². The summed E-state index contributed by atoms with van der Waals surface area (Å²) in [5.41, 5.74) is -1.90. The zero-order valence-corrected chi connectivity index (χ0v) is 8.05. The Kier molecular flexibility index (Phi) is 3.00. The fourth-order valence-corrected chi connectivity index (χ4v) is 1.18. The highest BCUT2D eigenvalue weighted by Crippen LogP contribution is 2.30. The van der Waals surface area contributed by atoms with Gasteiger partial charge in [0.2, 0.25) is 5.56 Å². The van der Waals surface area contributed by atoms with E-state index >= 15 is 0 Å². The number of nitro groups is 3. The van der Waals surface area contributed by atoms with E-state index in [1.165, 1.54) is 6.07 Å². The van der Waals surface area contributed by atoms with Crippen LogP contribution in [0.5, 0.6) is 0 Å². The second kappa shape index (κ2) is 4.09. The number of para-hydroxylation sites is 1. The Morgan fingerprint density at radius 2 is 1.47 bits per heavy atom. The lowest BCUT2D eigenvalue weighted by molar-refractivity contribution is -0.863. The van der Waals surface area contributed by atoms with Crippen molar-refractivity contribution < 1.29 is 19.9 Å². The van der Waals surface area contributed by atoms with E-state index in [1.54, 1.807) is 0 Å². The van der Waals surface area contributed by atoms with E-state index in [-0.39, 0.29) is 0 Å². The molecule has 0 heterocycles. The van der Waals surface area contributed by atoms with Crippen molar-refractivity contribution in [1.82, 2.24) is 0 Å². The van der Waals surface area contributed by atoms with Gasteiger partial charge in [0.15, 0.2) is 0 Å². The van der Waals surface area contributed by atoms with Crippen LogP contribution in [0, 0.1) is 30.3 Å². The summed E-state index contributed by atoms with van der Waals surface area (Å²) in [5, 5.41) is 41.0. The molecule has 1 aromatic rings. The van der Waals surface area contributed by atoms with Crippen LogP contribution < -0.4 is 0 Å². The van der Waals surface area contributed by atoms with E-state index in [9.17, 15) is 35.4 Å². The third-order valence-corrected chi connectivity index (χ3v) is 1.97. The summed E-state index contributed by atoms with van der Waals surface area (Å²) >= 11 is 0. The molecule has 0 aromatic heterocycles. The normalized spacial score (nSPS) is 10.9. The molecule has 0 bridgehead atoms. The maximum absolute atomic E-state index is 10.6. The van der Waals surface area contributed by atoms with Crippen molar-refractivity contribution in [2.45, 2.75) is 5.85 Å². The van der Waals surface area contributed by atoms with Gasteiger partial charge in [-0.1, -0.05) is 12.1 Å². The SMILES string of the molecule is O=[N+]([O-])c1ccccc1C(O)([N+](=O)[O-])[N+](=O)[O-]. The number of hydrogen-bond acceptors (Lipinski definition) is 7. The van der Waals surface area contributed by atoms with Crippen molar-refractivity contribution in [2.75, 3.05) is 0 Å². The molecule has 0 aliphatic rings. The molecule has 17 heavy (non-hydrogen) atoms. The third-order valence-electron chi connectivity index (χ3n) is 1.97. The lowest BCUT2D eigenvalue weighted by Crippen LogP contribution is -2.43. The summed E-state index contributed by atoms with van der Waals surface area (Å²) in [7, 11) is 0. The Morgan fingerprint density at radius 3 is 1.88 bits per heavy atom. The molecule has 1 rings (SSSR count). The Balaban J connectivity index is 3.55. The Hall–Kier alpha value is -2.62. The van der Waals surface area contributed by atoms with Gasteiger partial charge in [0.05, 0.1) is 4.92 Å². The van der Waals surface area contributed by atoms with Crippen LogP contribution in [0.15, 0.2) is 24.3 Å². The van der Waals surface area contributed by atoms with Crippen molar-refractivity contribution in [3.8, 4) is 0 Å². The summed E-state index contributed by atoms with van der Waals surface area (Å²) in [5.74, 6) is -3.73. The average Bonchev–Trinajstić information content (AvgIpc) is 2.27. The van der Waals surface area contributed by atoms with Crippen molar-refractivity contribution in [1.29, 1.82) is 0 Å². The molecule has 90 valence electrons. The molecule has 0 fully saturated rings. The van der Waals surface area contributed by atoms with Crippen LogP contribution in [-0.4, -0.2) is 19.9 Å². The smallest absolute Gasteiger partial charge is 0.264 e. The highest BCUT2D eigenvalue weighted by Gasteiger charge is 2.60. The Morgan fingerprint density at radius 1 is 1.00 bits per heavy atom. The molecule has 10 heteroatoms. The molecule has 0 aliphatic heterocycles. The minimum atomic E-state index is -3.73. The lowest BCUT2D eigenvalue weighted by Gasteiger charge is -2.10. The van der Waals surface area contributed by atoms with Gasteiger partial charge in [-0.3, -0.25) is 35.4 Å². The minimum absolute atomic E-state index is 0.754. The van der Waals surface area contributed by atoms with E-state index < -0.39 is 31.9 Å². The molecule has 0 aliphatic carbocycles. The average molecular weight is 243 g/mol. The van der Waals surface area contributed by atoms with Gasteiger partial charge >= 0.3 is 5.85 Å². The molecule has 0 amide bonds. The van der Waals surface area contributed by atoms with Crippen LogP contribution in [0.1, 0.15) is 5.56 Å². The first-order valence-corrected chi connectivity index (χ1v) is 4.07. The maximum atomic E-state index is 10.6. The summed E-state index contributed by atoms with van der Waals surface area (Å²) in [6, 6.07) is 3.86. The highest BCUT2D eigenvalue weighted by molar-refractivity contribution is 5.41. The zero-order chi connectivity index (χ0) is 13.2. The number of hydrogen-bond donors (Lipinski definition) is 1. The molecule has 1 N–H and O–H groups in total. The molecule has 0 radical (unpaired) electrons. The molecular weight excluding hydrogens is 238 g/mol. The molecular formula is C7H5N3O7. The second-order valence-electron chi connectivity index (χ2n) is 2.92. The fraction of sp³-hybridized carbons (Fsp3) is 0.143. The van der Waals surface area contributed by atoms with Gasteiger partial charge in [0, 0.05) is 6.07 Å². The third kappa shape index (κ3) is 1.88. The van der Waals surface area contributed by atoms with Gasteiger partial charge in [-0.15, -0.1) is 0 Å². The predicted octanol–water partition coefficient (Wildman–Crippen LogP) is 0.251. The quantitative estimate of drug-likeness (QED) is 0.452. The van der Waals surface area contributed by atoms with Crippen molar-refractivity contribution >= 4 is 5.69 Å². The molecule has 0 spiro atoms. The van der Waals surface area contributed by atoms with Gasteiger partial charge in [0.25, 0.3) is 5.69 Å². The largest absolute Gasteiger partial charge is 0.611 e. The second-order valence-corrected chi connectivity index (χ2v) is 2.92. The number of aliphatic hydroxyl groups is 1. The number of nitro benzene ring substituents is 1. The van der Waals surface area contributed by atoms with Crippen LogP contribution in [-0.2, 0) is 5.85 Å². The van der Waals surface area contributed by atoms with E-state index in [4.69, 9.17) is 0 Å². The lowest BCUT2D eigenvalue weighted by atomic mass is 10.1. The number of rotatable bonds is 4. The van der Waals surface area contributed by atoms with Gasteiger partial charge in [0.1, 0.15) is 9.85 Å². The number of benzene rings is 1. The van der Waals surface area contributed by atoms with Gasteiger partial charge in [-0.05, 0) is 6.07 Å².